The predicted octanol–water partition coefficient (Wildman–Crippen LogP) is 1.75. The highest BCUT2D eigenvalue weighted by Gasteiger charge is 2.50. The summed E-state index contributed by atoms with van der Waals surface area (Å²) in [5, 5.41) is 21.1. The van der Waals surface area contributed by atoms with Gasteiger partial charge in [0.25, 0.3) is 5.91 Å². The van der Waals surface area contributed by atoms with E-state index >= 15 is 0 Å². The molecular weight excluding hydrogens is 302 g/mol. The second-order valence-electron chi connectivity index (χ2n) is 4.43. The molecule has 0 saturated heterocycles. The number of carbonyl (C=O) groups is 2. The number of rotatable bonds is 4. The molecule has 0 heterocycles. The first kappa shape index (κ1) is 12.9. The number of phenols is 1. The summed E-state index contributed by atoms with van der Waals surface area (Å²) in [7, 11) is 0. The summed E-state index contributed by atoms with van der Waals surface area (Å²) in [4.78, 5) is 22.7. The van der Waals surface area contributed by atoms with Gasteiger partial charge in [-0.2, -0.15) is 0 Å². The molecule has 3 N–H and O–H groups in total. The van der Waals surface area contributed by atoms with E-state index in [-0.39, 0.29) is 17.9 Å². The quantitative estimate of drug-likeness (QED) is 0.790. The number of hydrogen-bond donors (Lipinski definition) is 3. The van der Waals surface area contributed by atoms with Crippen molar-refractivity contribution in [1.29, 1.82) is 0 Å². The number of carboxylic acids is 1. The van der Waals surface area contributed by atoms with Gasteiger partial charge in [-0.05, 0) is 31.0 Å². The summed E-state index contributed by atoms with van der Waals surface area (Å²) in [5.41, 5.74) is -0.667. The third-order valence-corrected chi connectivity index (χ3v) is 3.59. The smallest absolute Gasteiger partial charge is 0.311 e. The van der Waals surface area contributed by atoms with Gasteiger partial charge in [-0.25, -0.2) is 0 Å². The van der Waals surface area contributed by atoms with Crippen LogP contribution in [0.4, 0.5) is 0 Å². The molecule has 18 heavy (non-hydrogen) atoms. The lowest BCUT2D eigenvalue weighted by Gasteiger charge is -2.11. The van der Waals surface area contributed by atoms with Crippen molar-refractivity contribution >= 4 is 27.8 Å². The molecule has 1 aliphatic rings. The minimum atomic E-state index is -0.886. The highest BCUT2D eigenvalue weighted by molar-refractivity contribution is 9.10. The van der Waals surface area contributed by atoms with E-state index in [4.69, 9.17) is 5.11 Å². The second kappa shape index (κ2) is 4.61. The molecule has 0 unspecified atom stereocenters. The van der Waals surface area contributed by atoms with Crippen LogP contribution in [0.1, 0.15) is 23.2 Å². The van der Waals surface area contributed by atoms with Gasteiger partial charge in [-0.15, -0.1) is 0 Å². The monoisotopic (exact) mass is 313 g/mol. The summed E-state index contributed by atoms with van der Waals surface area (Å²) < 4.78 is 0.667. The van der Waals surface area contributed by atoms with Crippen molar-refractivity contribution in [3.05, 3.63) is 28.2 Å². The van der Waals surface area contributed by atoms with Crippen molar-refractivity contribution < 1.29 is 19.8 Å². The molecular formula is C12H12BrNO4. The summed E-state index contributed by atoms with van der Waals surface area (Å²) in [5.74, 6) is -1.49. The first-order valence-corrected chi connectivity index (χ1v) is 6.24. The Morgan fingerprint density at radius 2 is 2.06 bits per heavy atom. The van der Waals surface area contributed by atoms with Crippen LogP contribution >= 0.6 is 15.9 Å². The van der Waals surface area contributed by atoms with E-state index in [2.05, 4.69) is 21.2 Å². The van der Waals surface area contributed by atoms with E-state index in [9.17, 15) is 14.7 Å². The van der Waals surface area contributed by atoms with Crippen LogP contribution in [0.25, 0.3) is 0 Å². The van der Waals surface area contributed by atoms with Gasteiger partial charge in [0.1, 0.15) is 5.75 Å². The Morgan fingerprint density at radius 3 is 2.56 bits per heavy atom. The molecule has 1 aliphatic carbocycles. The maximum Gasteiger partial charge on any atom is 0.311 e. The average molecular weight is 314 g/mol. The van der Waals surface area contributed by atoms with Crippen LogP contribution in [-0.4, -0.2) is 28.6 Å². The maximum atomic E-state index is 11.8. The third kappa shape index (κ3) is 2.48. The zero-order valence-electron chi connectivity index (χ0n) is 9.44. The van der Waals surface area contributed by atoms with Gasteiger partial charge in [-0.3, -0.25) is 9.59 Å². The van der Waals surface area contributed by atoms with E-state index in [1.165, 1.54) is 12.1 Å². The fraction of sp³-hybridized carbons (Fsp3) is 0.333. The lowest BCUT2D eigenvalue weighted by atomic mass is 10.1. The number of carbonyl (C=O) groups excluding carboxylic acids is 1. The Bertz CT molecular complexity index is 511. The molecule has 0 bridgehead atoms. The second-order valence-corrected chi connectivity index (χ2v) is 5.35. The van der Waals surface area contributed by atoms with Crippen molar-refractivity contribution in [2.75, 3.05) is 6.54 Å². The number of phenolic OH excluding ortho intramolecular Hbond substituents is 1. The van der Waals surface area contributed by atoms with Crippen molar-refractivity contribution in [2.24, 2.45) is 5.41 Å². The number of halogens is 1. The number of benzene rings is 1. The van der Waals surface area contributed by atoms with E-state index in [1.54, 1.807) is 6.07 Å². The largest absolute Gasteiger partial charge is 0.507 e. The summed E-state index contributed by atoms with van der Waals surface area (Å²) >= 11 is 3.18. The minimum absolute atomic E-state index is 0.0939. The van der Waals surface area contributed by atoms with Crippen molar-refractivity contribution in [3.8, 4) is 5.75 Å². The lowest BCUT2D eigenvalue weighted by molar-refractivity contribution is -0.143. The number of aromatic hydroxyl groups is 1. The molecule has 6 heteroatoms. The summed E-state index contributed by atoms with van der Waals surface area (Å²) in [6.07, 6.45) is 1.16. The first-order chi connectivity index (χ1) is 8.44. The molecule has 2 rings (SSSR count). The molecule has 1 fully saturated rings. The van der Waals surface area contributed by atoms with Gasteiger partial charge in [0.2, 0.25) is 0 Å². The fourth-order valence-corrected chi connectivity index (χ4v) is 2.01. The molecule has 0 spiro atoms. The Kier molecular flexibility index (Phi) is 3.30. The normalized spacial score (nSPS) is 16.1. The lowest BCUT2D eigenvalue weighted by Crippen LogP contribution is -2.34. The molecule has 0 atom stereocenters. The number of carboxylic acid groups (broad SMARTS) is 1. The highest BCUT2D eigenvalue weighted by atomic mass is 79.9. The van der Waals surface area contributed by atoms with Gasteiger partial charge in [0, 0.05) is 11.0 Å². The Morgan fingerprint density at radius 1 is 1.39 bits per heavy atom. The molecule has 0 aliphatic heterocycles. The molecule has 5 nitrogen and oxygen atoms in total. The van der Waals surface area contributed by atoms with Crippen LogP contribution in [0.15, 0.2) is 22.7 Å². The number of hydrogen-bond acceptors (Lipinski definition) is 3. The van der Waals surface area contributed by atoms with E-state index in [1.807, 2.05) is 0 Å². The number of amides is 1. The Hall–Kier alpha value is -1.56. The third-order valence-electron chi connectivity index (χ3n) is 3.10. The van der Waals surface area contributed by atoms with Crippen LogP contribution < -0.4 is 5.32 Å². The average Bonchev–Trinajstić information content (AvgIpc) is 3.07. The number of aliphatic carboxylic acids is 1. The molecule has 1 aromatic carbocycles. The van der Waals surface area contributed by atoms with E-state index in [0.717, 1.165) is 0 Å². The number of nitrogens with one attached hydrogen (secondary N) is 1. The fourth-order valence-electron chi connectivity index (χ4n) is 1.66. The molecule has 96 valence electrons. The molecule has 1 aromatic rings. The SMILES string of the molecule is O=C(NCC1(C(=O)O)CC1)c1ccc(Br)cc1O. The van der Waals surface area contributed by atoms with Gasteiger partial charge < -0.3 is 15.5 Å². The van der Waals surface area contributed by atoms with E-state index in [0.29, 0.717) is 17.3 Å². The first-order valence-electron chi connectivity index (χ1n) is 5.45. The topological polar surface area (TPSA) is 86.6 Å². The van der Waals surface area contributed by atoms with Crippen LogP contribution in [0, 0.1) is 5.41 Å². The Balaban J connectivity index is 2.02. The van der Waals surface area contributed by atoms with Crippen LogP contribution in [0.5, 0.6) is 5.75 Å². The van der Waals surface area contributed by atoms with Crippen LogP contribution in [0.3, 0.4) is 0 Å². The predicted molar refractivity (Wildman–Crippen MR) is 67.4 cm³/mol. The summed E-state index contributed by atoms with van der Waals surface area (Å²) in [6, 6.07) is 4.53. The van der Waals surface area contributed by atoms with Gasteiger partial charge in [0.15, 0.2) is 0 Å². The van der Waals surface area contributed by atoms with Crippen LogP contribution in [0.2, 0.25) is 0 Å². The standard InChI is InChI=1S/C12H12BrNO4/c13-7-1-2-8(9(15)5-7)10(16)14-6-12(3-4-12)11(17)18/h1-2,5,15H,3-4,6H2,(H,14,16)(H,17,18). The zero-order valence-corrected chi connectivity index (χ0v) is 11.0. The summed E-state index contributed by atoms with van der Waals surface area (Å²) in [6.45, 7) is 0.0939. The molecule has 1 amide bonds. The maximum absolute atomic E-state index is 11.8. The van der Waals surface area contributed by atoms with Crippen molar-refractivity contribution in [1.82, 2.24) is 5.32 Å². The molecule has 0 aromatic heterocycles. The van der Waals surface area contributed by atoms with Crippen LogP contribution in [-0.2, 0) is 4.79 Å². The van der Waals surface area contributed by atoms with Gasteiger partial charge in [0.05, 0.1) is 11.0 Å². The minimum Gasteiger partial charge on any atom is -0.507 e. The molecule has 0 radical (unpaired) electrons. The van der Waals surface area contributed by atoms with Gasteiger partial charge in [-0.1, -0.05) is 15.9 Å². The van der Waals surface area contributed by atoms with E-state index < -0.39 is 17.3 Å². The zero-order chi connectivity index (χ0) is 13.3. The molecule has 1 saturated carbocycles. The van der Waals surface area contributed by atoms with Crippen molar-refractivity contribution in [2.45, 2.75) is 12.8 Å². The Labute approximate surface area is 112 Å². The van der Waals surface area contributed by atoms with Crippen molar-refractivity contribution in [3.63, 3.8) is 0 Å². The van der Waals surface area contributed by atoms with Gasteiger partial charge >= 0.3 is 5.97 Å². The highest BCUT2D eigenvalue weighted by Crippen LogP contribution is 2.45.